The van der Waals surface area contributed by atoms with E-state index < -0.39 is 25.6 Å². The summed E-state index contributed by atoms with van der Waals surface area (Å²) in [6, 6.07) is 1.78. The molecule has 0 fully saturated rings. The van der Waals surface area contributed by atoms with Gasteiger partial charge in [0.05, 0.1) is 16.2 Å². The number of nitro benzene ring substituents is 1. The number of nitrogen functional groups attached to an aromatic ring is 1. The smallest absolute Gasteiger partial charge is 0.294 e. The van der Waals surface area contributed by atoms with Gasteiger partial charge in [-0.25, -0.2) is 0 Å². The number of nitrogens with two attached hydrogens (primary N) is 1. The van der Waals surface area contributed by atoms with Gasteiger partial charge in [0.1, 0.15) is 4.90 Å². The quantitative estimate of drug-likeness (QED) is 0.305. The van der Waals surface area contributed by atoms with Gasteiger partial charge in [0.2, 0.25) is 0 Å². The molecule has 0 aromatic heterocycles. The fourth-order valence-corrected chi connectivity index (χ4v) is 1.69. The molecule has 4 N–H and O–H groups in total. The lowest BCUT2D eigenvalue weighted by molar-refractivity contribution is -0.385. The zero-order chi connectivity index (χ0) is 12.5. The lowest BCUT2D eigenvalue weighted by Gasteiger charge is -2.07. The van der Waals surface area contributed by atoms with Gasteiger partial charge >= 0.3 is 0 Å². The molecule has 1 aromatic rings. The maximum atomic E-state index is 10.9. The highest BCUT2D eigenvalue weighted by molar-refractivity contribution is 7.85. The van der Waals surface area contributed by atoms with Crippen LogP contribution in [0.25, 0.3) is 0 Å². The van der Waals surface area contributed by atoms with Crippen LogP contribution in [0.2, 0.25) is 0 Å². The molecule has 88 valence electrons. The average Bonchev–Trinajstić information content (AvgIpc) is 2.15. The number of hydrazine groups is 1. The molecule has 9 heteroatoms. The second kappa shape index (κ2) is 4.04. The van der Waals surface area contributed by atoms with E-state index in [0.29, 0.717) is 0 Å². The first-order valence-electron chi connectivity index (χ1n) is 4.00. The molecule has 0 saturated carbocycles. The molecule has 0 heterocycles. The Morgan fingerprint density at radius 1 is 1.50 bits per heavy atom. The van der Waals surface area contributed by atoms with Gasteiger partial charge in [-0.15, -0.1) is 0 Å². The van der Waals surface area contributed by atoms with Crippen LogP contribution in [0.1, 0.15) is 5.56 Å². The number of anilines is 1. The van der Waals surface area contributed by atoms with E-state index in [4.69, 9.17) is 10.4 Å². The maximum Gasteiger partial charge on any atom is 0.294 e. The molecule has 0 saturated heterocycles. The van der Waals surface area contributed by atoms with Gasteiger partial charge in [-0.05, 0) is 13.0 Å². The first-order valence-corrected chi connectivity index (χ1v) is 5.44. The van der Waals surface area contributed by atoms with E-state index in [-0.39, 0.29) is 11.3 Å². The number of nitrogens with zero attached hydrogens (tertiary/aromatic N) is 1. The lowest BCUT2D eigenvalue weighted by atomic mass is 10.1. The second-order valence-electron chi connectivity index (χ2n) is 2.99. The minimum Gasteiger partial charge on any atom is -0.324 e. The number of benzene rings is 1. The third-order valence-corrected chi connectivity index (χ3v) is 2.84. The SMILES string of the molecule is Cc1c(NN)cc(S(=O)(=O)O)cc1[N+](=O)[O-]. The number of nitrogens with one attached hydrogen (secondary N) is 1. The molecule has 8 nitrogen and oxygen atoms in total. The monoisotopic (exact) mass is 247 g/mol. The maximum absolute atomic E-state index is 10.9. The van der Waals surface area contributed by atoms with Gasteiger partial charge in [-0.1, -0.05) is 0 Å². The summed E-state index contributed by atoms with van der Waals surface area (Å²) < 4.78 is 30.5. The number of nitro groups is 1. The van der Waals surface area contributed by atoms with Gasteiger partial charge in [0.25, 0.3) is 15.8 Å². The fraction of sp³-hybridized carbons (Fsp3) is 0.143. The molecule has 0 atom stereocenters. The van der Waals surface area contributed by atoms with Crippen LogP contribution < -0.4 is 11.3 Å². The Morgan fingerprint density at radius 2 is 2.06 bits per heavy atom. The summed E-state index contributed by atoms with van der Waals surface area (Å²) in [7, 11) is -4.51. The largest absolute Gasteiger partial charge is 0.324 e. The van der Waals surface area contributed by atoms with Crippen molar-refractivity contribution >= 4 is 21.5 Å². The van der Waals surface area contributed by atoms with Gasteiger partial charge in [-0.3, -0.25) is 20.5 Å². The molecule has 0 radical (unpaired) electrons. The summed E-state index contributed by atoms with van der Waals surface area (Å²) in [5.41, 5.74) is 1.92. The van der Waals surface area contributed by atoms with E-state index in [0.717, 1.165) is 12.1 Å². The van der Waals surface area contributed by atoms with Crippen LogP contribution in [-0.2, 0) is 10.1 Å². The van der Waals surface area contributed by atoms with Crippen molar-refractivity contribution in [3.63, 3.8) is 0 Å². The van der Waals surface area contributed by atoms with Gasteiger partial charge in [0, 0.05) is 6.07 Å². The fourth-order valence-electron chi connectivity index (χ4n) is 1.16. The molecular weight excluding hydrogens is 238 g/mol. The number of hydrogen-bond acceptors (Lipinski definition) is 6. The van der Waals surface area contributed by atoms with Gasteiger partial charge < -0.3 is 5.43 Å². The molecule has 1 aromatic carbocycles. The molecule has 0 bridgehead atoms. The van der Waals surface area contributed by atoms with E-state index in [1.807, 2.05) is 0 Å². The van der Waals surface area contributed by atoms with E-state index in [9.17, 15) is 18.5 Å². The summed E-state index contributed by atoms with van der Waals surface area (Å²) >= 11 is 0. The normalized spacial score (nSPS) is 11.2. The Bertz CT molecular complexity index is 539. The third kappa shape index (κ3) is 2.27. The van der Waals surface area contributed by atoms with Crippen molar-refractivity contribution in [2.45, 2.75) is 11.8 Å². The van der Waals surface area contributed by atoms with Crippen molar-refractivity contribution in [3.8, 4) is 0 Å². The highest BCUT2D eigenvalue weighted by Gasteiger charge is 2.21. The molecule has 1 rings (SSSR count). The minimum atomic E-state index is -4.51. The third-order valence-electron chi connectivity index (χ3n) is 2.00. The molecule has 0 aliphatic carbocycles. The van der Waals surface area contributed by atoms with Crippen LogP contribution in [0.4, 0.5) is 11.4 Å². The highest BCUT2D eigenvalue weighted by Crippen LogP contribution is 2.29. The molecule has 0 aliphatic heterocycles. The van der Waals surface area contributed by atoms with Crippen molar-refractivity contribution in [1.29, 1.82) is 0 Å². The summed E-state index contributed by atoms with van der Waals surface area (Å²) in [5, 5.41) is 10.6. The standard InChI is InChI=1S/C7H9N3O5S/c1-4-6(9-8)2-5(16(13,14)15)3-7(4)10(11)12/h2-3,9H,8H2,1H3,(H,13,14,15). The molecular formula is C7H9N3O5S. The highest BCUT2D eigenvalue weighted by atomic mass is 32.2. The second-order valence-corrected chi connectivity index (χ2v) is 4.41. The van der Waals surface area contributed by atoms with E-state index in [1.165, 1.54) is 6.92 Å². The summed E-state index contributed by atoms with van der Waals surface area (Å²) in [5.74, 6) is 5.08. The Hall–Kier alpha value is -1.71. The van der Waals surface area contributed by atoms with Crippen LogP contribution in [0.5, 0.6) is 0 Å². The Balaban J connectivity index is 3.59. The van der Waals surface area contributed by atoms with Crippen molar-refractivity contribution in [2.75, 3.05) is 5.43 Å². The molecule has 0 aliphatic rings. The van der Waals surface area contributed by atoms with Crippen molar-refractivity contribution in [2.24, 2.45) is 5.84 Å². The topological polar surface area (TPSA) is 136 Å². The Kier molecular flexibility index (Phi) is 3.12. The minimum absolute atomic E-state index is 0.0572. The van der Waals surface area contributed by atoms with Crippen LogP contribution in [0, 0.1) is 17.0 Å². The van der Waals surface area contributed by atoms with Gasteiger partial charge in [-0.2, -0.15) is 8.42 Å². The Labute approximate surface area is 90.9 Å². The zero-order valence-corrected chi connectivity index (χ0v) is 8.98. The van der Waals surface area contributed by atoms with Crippen LogP contribution in [0.3, 0.4) is 0 Å². The van der Waals surface area contributed by atoms with Crippen LogP contribution in [0.15, 0.2) is 17.0 Å². The van der Waals surface area contributed by atoms with Crippen LogP contribution >= 0.6 is 0 Å². The molecule has 0 unspecified atom stereocenters. The Morgan fingerprint density at radius 3 is 2.44 bits per heavy atom. The zero-order valence-electron chi connectivity index (χ0n) is 8.17. The van der Waals surface area contributed by atoms with E-state index in [1.54, 1.807) is 0 Å². The first kappa shape index (κ1) is 12.4. The van der Waals surface area contributed by atoms with Crippen molar-refractivity contribution in [1.82, 2.24) is 0 Å². The summed E-state index contributed by atoms with van der Waals surface area (Å²) in [6.07, 6.45) is 0. The molecule has 0 spiro atoms. The van der Waals surface area contributed by atoms with E-state index >= 15 is 0 Å². The lowest BCUT2D eigenvalue weighted by Crippen LogP contribution is -2.11. The summed E-state index contributed by atoms with van der Waals surface area (Å²) in [4.78, 5) is 9.29. The van der Waals surface area contributed by atoms with Gasteiger partial charge in [0.15, 0.2) is 0 Å². The van der Waals surface area contributed by atoms with Crippen molar-refractivity contribution < 1.29 is 17.9 Å². The predicted molar refractivity (Wildman–Crippen MR) is 55.5 cm³/mol. The molecule has 0 amide bonds. The first-order chi connectivity index (χ1) is 7.27. The molecule has 16 heavy (non-hydrogen) atoms. The summed E-state index contributed by atoms with van der Waals surface area (Å²) in [6.45, 7) is 1.40. The van der Waals surface area contributed by atoms with Crippen LogP contribution in [-0.4, -0.2) is 17.9 Å². The average molecular weight is 247 g/mol. The number of rotatable bonds is 3. The van der Waals surface area contributed by atoms with E-state index in [2.05, 4.69) is 5.43 Å². The number of hydrogen-bond donors (Lipinski definition) is 3. The predicted octanol–water partition coefficient (Wildman–Crippen LogP) is 0.436. The van der Waals surface area contributed by atoms with Crippen molar-refractivity contribution in [3.05, 3.63) is 27.8 Å².